The summed E-state index contributed by atoms with van der Waals surface area (Å²) in [6.45, 7) is 1.38. The van der Waals surface area contributed by atoms with E-state index in [0.29, 0.717) is 0 Å². The molecule has 1 heterocycles. The second kappa shape index (κ2) is 8.73. The van der Waals surface area contributed by atoms with Gasteiger partial charge in [-0.3, -0.25) is 14.9 Å². The predicted molar refractivity (Wildman–Crippen MR) is 106 cm³/mol. The van der Waals surface area contributed by atoms with Crippen molar-refractivity contribution in [2.24, 2.45) is 0 Å². The van der Waals surface area contributed by atoms with Gasteiger partial charge in [0.1, 0.15) is 0 Å². The Morgan fingerprint density at radius 1 is 1.13 bits per heavy atom. The molecule has 1 amide bonds. The highest BCUT2D eigenvalue weighted by Crippen LogP contribution is 2.30. The number of fused-ring (bicyclic) bond motifs is 1. The first-order valence-electron chi connectivity index (χ1n) is 9.26. The molecule has 0 aromatic heterocycles. The minimum absolute atomic E-state index is 0.0603. The second-order valence-electron chi connectivity index (χ2n) is 6.87. The summed E-state index contributed by atoms with van der Waals surface area (Å²) in [6, 6.07) is 10.6. The van der Waals surface area contributed by atoms with Crippen LogP contribution in [0.4, 0.5) is 11.4 Å². The highest BCUT2D eigenvalue weighted by atomic mass is 16.6. The van der Waals surface area contributed by atoms with Gasteiger partial charge < -0.3 is 14.4 Å². The highest BCUT2D eigenvalue weighted by molar-refractivity contribution is 6.00. The van der Waals surface area contributed by atoms with Crippen molar-refractivity contribution in [1.82, 2.24) is 0 Å². The Bertz CT molecular complexity index is 1020. The molecular weight excluding hydrogens is 392 g/mol. The minimum Gasteiger partial charge on any atom is -0.465 e. The number of rotatable bonds is 5. The van der Waals surface area contributed by atoms with Crippen molar-refractivity contribution in [3.05, 3.63) is 69.3 Å². The van der Waals surface area contributed by atoms with E-state index < -0.39 is 35.1 Å². The number of hydrogen-bond acceptors (Lipinski definition) is 7. The van der Waals surface area contributed by atoms with Crippen LogP contribution >= 0.6 is 0 Å². The van der Waals surface area contributed by atoms with Crippen molar-refractivity contribution in [3.63, 3.8) is 0 Å². The first-order chi connectivity index (χ1) is 14.3. The summed E-state index contributed by atoms with van der Waals surface area (Å²) in [7, 11) is 1.12. The Morgan fingerprint density at radius 2 is 1.80 bits per heavy atom. The topological polar surface area (TPSA) is 116 Å². The van der Waals surface area contributed by atoms with Crippen LogP contribution < -0.4 is 4.90 Å². The van der Waals surface area contributed by atoms with Crippen molar-refractivity contribution < 1.29 is 28.8 Å². The summed E-state index contributed by atoms with van der Waals surface area (Å²) in [4.78, 5) is 48.9. The SMILES string of the molecule is COC(=O)c1cc(C(=O)OCC(=O)N2c3ccccc3CCC2C)cc([N+](=O)[O-])c1. The maximum absolute atomic E-state index is 12.8. The van der Waals surface area contributed by atoms with E-state index in [1.165, 1.54) is 0 Å². The van der Waals surface area contributed by atoms with Crippen molar-refractivity contribution in [3.8, 4) is 0 Å². The predicted octanol–water partition coefficient (Wildman–Crippen LogP) is 2.91. The first kappa shape index (κ1) is 21.0. The minimum atomic E-state index is -0.949. The van der Waals surface area contributed by atoms with Gasteiger partial charge in [0.2, 0.25) is 0 Å². The Morgan fingerprint density at radius 3 is 2.47 bits per heavy atom. The molecule has 0 spiro atoms. The number of nitrogens with zero attached hydrogens (tertiary/aromatic N) is 2. The molecule has 0 fully saturated rings. The lowest BCUT2D eigenvalue weighted by Gasteiger charge is -2.35. The normalized spacial score (nSPS) is 15.1. The van der Waals surface area contributed by atoms with E-state index in [1.807, 2.05) is 31.2 Å². The molecular formula is C21H20N2O7. The fraction of sp³-hybridized carbons (Fsp3) is 0.286. The zero-order valence-electron chi connectivity index (χ0n) is 16.5. The quantitative estimate of drug-likeness (QED) is 0.421. The number of aryl methyl sites for hydroxylation is 1. The van der Waals surface area contributed by atoms with Crippen LogP contribution in [0.1, 0.15) is 39.6 Å². The van der Waals surface area contributed by atoms with Gasteiger partial charge >= 0.3 is 11.9 Å². The van der Waals surface area contributed by atoms with Crippen LogP contribution in [0.2, 0.25) is 0 Å². The zero-order valence-corrected chi connectivity index (χ0v) is 16.5. The Hall–Kier alpha value is -3.75. The van der Waals surface area contributed by atoms with E-state index in [2.05, 4.69) is 4.74 Å². The average molecular weight is 412 g/mol. The summed E-state index contributed by atoms with van der Waals surface area (Å²) >= 11 is 0. The number of hydrogen-bond donors (Lipinski definition) is 0. The third-order valence-corrected chi connectivity index (χ3v) is 4.90. The van der Waals surface area contributed by atoms with E-state index in [0.717, 1.165) is 49.4 Å². The maximum Gasteiger partial charge on any atom is 0.338 e. The fourth-order valence-electron chi connectivity index (χ4n) is 3.42. The van der Waals surface area contributed by atoms with E-state index >= 15 is 0 Å². The molecule has 1 aliphatic heterocycles. The molecule has 2 aromatic rings. The Kier molecular flexibility index (Phi) is 6.10. The summed E-state index contributed by atoms with van der Waals surface area (Å²) in [6.07, 6.45) is 1.63. The number of carbonyl (C=O) groups excluding carboxylic acids is 3. The number of carbonyl (C=O) groups is 3. The molecule has 0 saturated carbocycles. The van der Waals surface area contributed by atoms with E-state index in [4.69, 9.17) is 4.74 Å². The van der Waals surface area contributed by atoms with Gasteiger partial charge in [-0.05, 0) is 37.5 Å². The smallest absolute Gasteiger partial charge is 0.338 e. The molecule has 156 valence electrons. The maximum atomic E-state index is 12.8. The number of amides is 1. The van der Waals surface area contributed by atoms with Crippen LogP contribution in [0.3, 0.4) is 0 Å². The average Bonchev–Trinajstić information content (AvgIpc) is 2.76. The molecule has 30 heavy (non-hydrogen) atoms. The van der Waals surface area contributed by atoms with E-state index in [1.54, 1.807) is 4.90 Å². The van der Waals surface area contributed by atoms with Gasteiger partial charge in [-0.2, -0.15) is 0 Å². The van der Waals surface area contributed by atoms with Gasteiger partial charge in [-0.1, -0.05) is 18.2 Å². The lowest BCUT2D eigenvalue weighted by atomic mass is 9.96. The second-order valence-corrected chi connectivity index (χ2v) is 6.87. The van der Waals surface area contributed by atoms with Crippen LogP contribution in [0, 0.1) is 10.1 Å². The fourth-order valence-corrected chi connectivity index (χ4v) is 3.42. The number of nitro groups is 1. The number of ether oxygens (including phenoxy) is 2. The molecule has 9 heteroatoms. The third kappa shape index (κ3) is 4.29. The van der Waals surface area contributed by atoms with Crippen molar-refractivity contribution in [1.29, 1.82) is 0 Å². The van der Waals surface area contributed by atoms with Crippen LogP contribution in [0.25, 0.3) is 0 Å². The molecule has 0 radical (unpaired) electrons. The van der Waals surface area contributed by atoms with E-state index in [-0.39, 0.29) is 17.2 Å². The number of nitro benzene ring substituents is 1. The molecule has 0 aliphatic carbocycles. The van der Waals surface area contributed by atoms with Gasteiger partial charge in [0.15, 0.2) is 6.61 Å². The summed E-state index contributed by atoms with van der Waals surface area (Å²) in [5.74, 6) is -2.18. The number of methoxy groups -OCH3 is 1. The molecule has 2 aromatic carbocycles. The van der Waals surface area contributed by atoms with Gasteiger partial charge in [-0.25, -0.2) is 9.59 Å². The van der Waals surface area contributed by atoms with Crippen molar-refractivity contribution >= 4 is 29.2 Å². The standard InChI is InChI=1S/C21H20N2O7/c1-13-7-8-14-5-3-4-6-18(14)22(13)19(24)12-30-21(26)16-9-15(20(25)29-2)10-17(11-16)23(27)28/h3-6,9-11,13H,7-8,12H2,1-2H3. The lowest BCUT2D eigenvalue weighted by molar-refractivity contribution is -0.384. The molecule has 0 bridgehead atoms. The molecule has 3 rings (SSSR count). The zero-order chi connectivity index (χ0) is 21.8. The summed E-state index contributed by atoms with van der Waals surface area (Å²) < 4.78 is 9.66. The molecule has 1 atom stereocenters. The number of para-hydroxylation sites is 1. The number of non-ortho nitro benzene ring substituents is 1. The van der Waals surface area contributed by atoms with Crippen LogP contribution in [-0.2, 0) is 20.7 Å². The van der Waals surface area contributed by atoms with Crippen LogP contribution in [-0.4, -0.2) is 42.5 Å². The van der Waals surface area contributed by atoms with E-state index in [9.17, 15) is 24.5 Å². The largest absolute Gasteiger partial charge is 0.465 e. The number of benzene rings is 2. The van der Waals surface area contributed by atoms with Gasteiger partial charge in [0.25, 0.3) is 11.6 Å². The molecule has 9 nitrogen and oxygen atoms in total. The lowest BCUT2D eigenvalue weighted by Crippen LogP contribution is -2.44. The highest BCUT2D eigenvalue weighted by Gasteiger charge is 2.29. The van der Waals surface area contributed by atoms with Gasteiger partial charge in [0.05, 0.1) is 23.2 Å². The van der Waals surface area contributed by atoms with Crippen LogP contribution in [0.15, 0.2) is 42.5 Å². The third-order valence-electron chi connectivity index (χ3n) is 4.90. The molecule has 0 N–H and O–H groups in total. The van der Waals surface area contributed by atoms with Gasteiger partial charge in [-0.15, -0.1) is 0 Å². The van der Waals surface area contributed by atoms with Crippen molar-refractivity contribution in [2.45, 2.75) is 25.8 Å². The molecule has 1 aliphatic rings. The molecule has 1 unspecified atom stereocenters. The Labute approximate surface area is 172 Å². The monoisotopic (exact) mass is 412 g/mol. The molecule has 0 saturated heterocycles. The number of anilines is 1. The first-order valence-corrected chi connectivity index (χ1v) is 9.26. The number of esters is 2. The summed E-state index contributed by atoms with van der Waals surface area (Å²) in [5.41, 5.74) is 0.972. The summed E-state index contributed by atoms with van der Waals surface area (Å²) in [5, 5.41) is 11.1. The van der Waals surface area contributed by atoms with Gasteiger partial charge in [0, 0.05) is 23.9 Å². The van der Waals surface area contributed by atoms with Crippen molar-refractivity contribution in [2.75, 3.05) is 18.6 Å². The van der Waals surface area contributed by atoms with Crippen LogP contribution in [0.5, 0.6) is 0 Å². The Balaban J connectivity index is 1.77.